The first-order chi connectivity index (χ1) is 18.3. The second-order valence-electron chi connectivity index (χ2n) is 7.93. The Bertz CT molecular complexity index is 1430. The molecule has 0 bridgehead atoms. The fourth-order valence-electron chi connectivity index (χ4n) is 3.49. The van der Waals surface area contributed by atoms with Crippen molar-refractivity contribution in [2.24, 2.45) is 0 Å². The van der Waals surface area contributed by atoms with Crippen LogP contribution in [-0.4, -0.2) is 35.1 Å². The standard InChI is InChI=1S/C27H21BrCl2N2O5S/c1-2-36-22-11-17(18(28)13-23(22)37-15-16-7-3-4-8-19(16)29)12-24-26(34)32(27(35)38-24)14-25(33)31-21-10-6-5-9-20(21)30/h3-13H,2,14-15H2,1H3,(H,31,33)/b24-12+. The number of ether oxygens (including phenoxy) is 2. The van der Waals surface area contributed by atoms with Gasteiger partial charge in [-0.25, -0.2) is 0 Å². The number of nitrogens with zero attached hydrogens (tertiary/aromatic N) is 1. The molecule has 3 aromatic carbocycles. The molecule has 1 N–H and O–H groups in total. The van der Waals surface area contributed by atoms with Crippen LogP contribution < -0.4 is 14.8 Å². The van der Waals surface area contributed by atoms with E-state index < -0.39 is 23.6 Å². The average Bonchev–Trinajstić information content (AvgIpc) is 3.14. The number of carbonyl (C=O) groups is 3. The zero-order chi connectivity index (χ0) is 27.2. The minimum absolute atomic E-state index is 0.174. The number of hydrogen-bond acceptors (Lipinski definition) is 6. The van der Waals surface area contributed by atoms with Crippen molar-refractivity contribution in [2.75, 3.05) is 18.5 Å². The predicted octanol–water partition coefficient (Wildman–Crippen LogP) is 7.41. The second-order valence-corrected chi connectivity index (χ2v) is 10.6. The van der Waals surface area contributed by atoms with Crippen molar-refractivity contribution in [1.29, 1.82) is 0 Å². The molecule has 7 nitrogen and oxygen atoms in total. The van der Waals surface area contributed by atoms with Crippen LogP contribution in [0.4, 0.5) is 10.5 Å². The molecule has 0 unspecified atom stereocenters. The second kappa shape index (κ2) is 12.7. The van der Waals surface area contributed by atoms with Crippen LogP contribution in [0, 0.1) is 0 Å². The van der Waals surface area contributed by atoms with E-state index in [0.29, 0.717) is 43.9 Å². The van der Waals surface area contributed by atoms with Crippen LogP contribution in [0.3, 0.4) is 0 Å². The van der Waals surface area contributed by atoms with E-state index in [1.165, 1.54) is 0 Å². The van der Waals surface area contributed by atoms with E-state index in [4.69, 9.17) is 32.7 Å². The summed E-state index contributed by atoms with van der Waals surface area (Å²) in [6.45, 7) is 2.03. The highest BCUT2D eigenvalue weighted by molar-refractivity contribution is 9.10. The first-order valence-corrected chi connectivity index (χ1v) is 13.8. The van der Waals surface area contributed by atoms with Crippen LogP contribution in [0.25, 0.3) is 6.08 Å². The molecule has 4 rings (SSSR count). The number of rotatable bonds is 9. The summed E-state index contributed by atoms with van der Waals surface area (Å²) in [7, 11) is 0. The number of imide groups is 1. The number of hydrogen-bond donors (Lipinski definition) is 1. The molecule has 1 heterocycles. The third kappa shape index (κ3) is 6.71. The number of carbonyl (C=O) groups excluding carboxylic acids is 3. The van der Waals surface area contributed by atoms with Crippen molar-refractivity contribution >= 4 is 79.7 Å². The van der Waals surface area contributed by atoms with Crippen LogP contribution in [0.1, 0.15) is 18.1 Å². The van der Waals surface area contributed by atoms with Crippen molar-refractivity contribution in [3.63, 3.8) is 0 Å². The molecule has 0 aromatic heterocycles. The minimum atomic E-state index is -0.571. The first-order valence-electron chi connectivity index (χ1n) is 11.4. The highest BCUT2D eigenvalue weighted by Crippen LogP contribution is 2.38. The molecule has 1 fully saturated rings. The molecule has 0 atom stereocenters. The molecular weight excluding hydrogens is 615 g/mol. The Morgan fingerprint density at radius 1 is 1.03 bits per heavy atom. The molecule has 0 aliphatic carbocycles. The lowest BCUT2D eigenvalue weighted by atomic mass is 10.1. The van der Waals surface area contributed by atoms with Crippen molar-refractivity contribution in [3.05, 3.63) is 91.2 Å². The van der Waals surface area contributed by atoms with E-state index >= 15 is 0 Å². The predicted molar refractivity (Wildman–Crippen MR) is 154 cm³/mol. The number of amides is 3. The third-order valence-electron chi connectivity index (χ3n) is 5.31. The van der Waals surface area contributed by atoms with Crippen LogP contribution in [0.2, 0.25) is 10.0 Å². The molecule has 1 aliphatic heterocycles. The van der Waals surface area contributed by atoms with Gasteiger partial charge in [-0.05, 0) is 60.7 Å². The quantitative estimate of drug-likeness (QED) is 0.247. The summed E-state index contributed by atoms with van der Waals surface area (Å²) in [5.74, 6) is -0.160. The smallest absolute Gasteiger partial charge is 0.294 e. The van der Waals surface area contributed by atoms with Gasteiger partial charge in [-0.1, -0.05) is 69.5 Å². The van der Waals surface area contributed by atoms with Gasteiger partial charge < -0.3 is 14.8 Å². The maximum atomic E-state index is 13.0. The Balaban J connectivity index is 1.50. The lowest BCUT2D eigenvalue weighted by Gasteiger charge is -2.15. The molecule has 1 aliphatic rings. The SMILES string of the molecule is CCOc1cc(/C=C2/SC(=O)N(CC(=O)Nc3ccccc3Cl)C2=O)c(Br)cc1OCc1ccccc1Cl. The van der Waals surface area contributed by atoms with E-state index in [9.17, 15) is 14.4 Å². The molecule has 1 saturated heterocycles. The summed E-state index contributed by atoms with van der Waals surface area (Å²) in [5, 5.41) is 3.02. The van der Waals surface area contributed by atoms with E-state index in [1.807, 2.05) is 25.1 Å². The lowest BCUT2D eigenvalue weighted by molar-refractivity contribution is -0.127. The van der Waals surface area contributed by atoms with Crippen LogP contribution >= 0.6 is 50.9 Å². The van der Waals surface area contributed by atoms with Gasteiger partial charge in [-0.2, -0.15) is 0 Å². The maximum Gasteiger partial charge on any atom is 0.294 e. The van der Waals surface area contributed by atoms with Gasteiger partial charge in [0, 0.05) is 15.1 Å². The fraction of sp³-hybridized carbons (Fsp3) is 0.148. The van der Waals surface area contributed by atoms with Gasteiger partial charge in [-0.15, -0.1) is 0 Å². The van der Waals surface area contributed by atoms with Crippen molar-refractivity contribution in [3.8, 4) is 11.5 Å². The normalized spacial score (nSPS) is 14.2. The molecule has 3 aromatic rings. The topological polar surface area (TPSA) is 84.9 Å². The van der Waals surface area contributed by atoms with Crippen LogP contribution in [0.5, 0.6) is 11.5 Å². The van der Waals surface area contributed by atoms with Crippen molar-refractivity contribution in [2.45, 2.75) is 13.5 Å². The number of para-hydroxylation sites is 1. The summed E-state index contributed by atoms with van der Waals surface area (Å²) in [6, 6.07) is 17.5. The average molecular weight is 636 g/mol. The number of nitrogens with one attached hydrogen (secondary N) is 1. The fourth-order valence-corrected chi connectivity index (χ4v) is 5.13. The van der Waals surface area contributed by atoms with Crippen LogP contribution in [0.15, 0.2) is 70.0 Å². The molecule has 3 amide bonds. The summed E-state index contributed by atoms with van der Waals surface area (Å²) >= 11 is 16.6. The number of thioether (sulfide) groups is 1. The Kier molecular flexibility index (Phi) is 9.38. The molecule has 38 heavy (non-hydrogen) atoms. The van der Waals surface area contributed by atoms with Crippen LogP contribution in [-0.2, 0) is 16.2 Å². The van der Waals surface area contributed by atoms with E-state index in [1.54, 1.807) is 48.5 Å². The van der Waals surface area contributed by atoms with Gasteiger partial charge in [0.2, 0.25) is 5.91 Å². The number of anilines is 1. The monoisotopic (exact) mass is 634 g/mol. The number of halogens is 3. The van der Waals surface area contributed by atoms with Crippen molar-refractivity contribution in [1.82, 2.24) is 4.90 Å². The van der Waals surface area contributed by atoms with Gasteiger partial charge in [0.25, 0.3) is 11.1 Å². The Labute approximate surface area is 242 Å². The molecular formula is C27H21BrCl2N2O5S. The Morgan fingerprint density at radius 3 is 2.42 bits per heavy atom. The largest absolute Gasteiger partial charge is 0.490 e. The van der Waals surface area contributed by atoms with Gasteiger partial charge in [0.1, 0.15) is 13.2 Å². The summed E-state index contributed by atoms with van der Waals surface area (Å²) in [6.07, 6.45) is 1.57. The van der Waals surface area contributed by atoms with Gasteiger partial charge in [0.15, 0.2) is 11.5 Å². The Hall–Kier alpha value is -2.98. The third-order valence-corrected chi connectivity index (χ3v) is 7.61. The summed E-state index contributed by atoms with van der Waals surface area (Å²) in [5.41, 5.74) is 1.82. The zero-order valence-corrected chi connectivity index (χ0v) is 23.9. The molecule has 0 spiro atoms. The Morgan fingerprint density at radius 2 is 1.71 bits per heavy atom. The molecule has 11 heteroatoms. The lowest BCUT2D eigenvalue weighted by Crippen LogP contribution is -2.36. The van der Waals surface area contributed by atoms with Gasteiger partial charge in [-0.3, -0.25) is 19.3 Å². The van der Waals surface area contributed by atoms with E-state index in [0.717, 1.165) is 22.2 Å². The number of benzene rings is 3. The molecule has 0 saturated carbocycles. The highest BCUT2D eigenvalue weighted by Gasteiger charge is 2.36. The van der Waals surface area contributed by atoms with E-state index in [2.05, 4.69) is 21.2 Å². The summed E-state index contributed by atoms with van der Waals surface area (Å²) in [4.78, 5) is 39.1. The first kappa shape index (κ1) is 28.0. The van der Waals surface area contributed by atoms with Gasteiger partial charge >= 0.3 is 0 Å². The van der Waals surface area contributed by atoms with E-state index in [-0.39, 0.29) is 11.5 Å². The van der Waals surface area contributed by atoms with Gasteiger partial charge in [0.05, 0.1) is 22.2 Å². The molecule has 0 radical (unpaired) electrons. The maximum absolute atomic E-state index is 13.0. The summed E-state index contributed by atoms with van der Waals surface area (Å²) < 4.78 is 12.4. The van der Waals surface area contributed by atoms with Crippen molar-refractivity contribution < 1.29 is 23.9 Å². The molecule has 196 valence electrons. The zero-order valence-electron chi connectivity index (χ0n) is 20.0. The highest BCUT2D eigenvalue weighted by atomic mass is 79.9. The minimum Gasteiger partial charge on any atom is -0.490 e.